The molecule has 2 nitrogen and oxygen atoms in total. The maximum atomic E-state index is 11.6. The molecule has 0 aromatic heterocycles. The number of carbonyl (C=O) groups is 1. The molecule has 1 aromatic rings. The van der Waals surface area contributed by atoms with Crippen molar-refractivity contribution in [1.29, 1.82) is 0 Å². The summed E-state index contributed by atoms with van der Waals surface area (Å²) in [5, 5.41) is 0. The Morgan fingerprint density at radius 3 is 2.88 bits per heavy atom. The maximum Gasteiger partial charge on any atom is 0.161 e. The van der Waals surface area contributed by atoms with Crippen molar-refractivity contribution in [2.45, 2.75) is 39.2 Å². The van der Waals surface area contributed by atoms with Crippen molar-refractivity contribution in [3.63, 3.8) is 0 Å². The van der Waals surface area contributed by atoms with E-state index in [1.165, 1.54) is 12.8 Å². The molecule has 0 bridgehead atoms. The second-order valence-corrected chi connectivity index (χ2v) is 4.47. The van der Waals surface area contributed by atoms with Crippen molar-refractivity contribution in [3.05, 3.63) is 29.8 Å². The van der Waals surface area contributed by atoms with E-state index in [9.17, 15) is 4.79 Å². The Bertz CT molecular complexity index is 386. The fraction of sp³-hybridized carbons (Fsp3) is 0.500. The lowest BCUT2D eigenvalue weighted by molar-refractivity contribution is 0.101. The van der Waals surface area contributed by atoms with Gasteiger partial charge >= 0.3 is 0 Å². The van der Waals surface area contributed by atoms with Crippen molar-refractivity contribution < 1.29 is 4.79 Å². The molecule has 0 radical (unpaired) electrons. The Balaban J connectivity index is 2.35. The largest absolute Gasteiger partial charge is 0.368 e. The first-order chi connectivity index (χ1) is 7.74. The van der Waals surface area contributed by atoms with Crippen LogP contribution >= 0.6 is 0 Å². The molecule has 1 aromatic carbocycles. The lowest BCUT2D eigenvalue weighted by atomic mass is 10.1. The lowest BCUT2D eigenvalue weighted by Crippen LogP contribution is -2.29. The zero-order valence-corrected chi connectivity index (χ0v) is 10.1. The summed E-state index contributed by atoms with van der Waals surface area (Å²) in [6, 6.07) is 8.58. The van der Waals surface area contributed by atoms with Crippen molar-refractivity contribution in [2.75, 3.05) is 11.4 Å². The fourth-order valence-corrected chi connectivity index (χ4v) is 2.60. The highest BCUT2D eigenvalue weighted by Crippen LogP contribution is 2.30. The fourth-order valence-electron chi connectivity index (χ4n) is 2.60. The van der Waals surface area contributed by atoms with Crippen molar-refractivity contribution in [3.8, 4) is 0 Å². The standard InChI is InChI=1S/C14H19NO/c1-3-12-7-6-10-15(12)14-9-5-4-8-13(14)11(2)16/h4-5,8-9,12H,3,6-7,10H2,1-2H3. The van der Waals surface area contributed by atoms with Crippen LogP contribution < -0.4 is 4.90 Å². The molecule has 16 heavy (non-hydrogen) atoms. The first-order valence-electron chi connectivity index (χ1n) is 6.10. The molecule has 1 aliphatic heterocycles. The molecule has 1 fully saturated rings. The number of anilines is 1. The summed E-state index contributed by atoms with van der Waals surface area (Å²) in [4.78, 5) is 14.0. The van der Waals surface area contributed by atoms with Crippen LogP contribution in [0.15, 0.2) is 24.3 Å². The van der Waals surface area contributed by atoms with Crippen molar-refractivity contribution in [2.24, 2.45) is 0 Å². The number of carbonyl (C=O) groups excluding carboxylic acids is 1. The molecule has 1 saturated heterocycles. The molecule has 1 aliphatic rings. The zero-order chi connectivity index (χ0) is 11.5. The van der Waals surface area contributed by atoms with Gasteiger partial charge < -0.3 is 4.90 Å². The predicted molar refractivity (Wildman–Crippen MR) is 67.1 cm³/mol. The Labute approximate surface area is 97.3 Å². The van der Waals surface area contributed by atoms with Gasteiger partial charge in [-0.3, -0.25) is 4.79 Å². The van der Waals surface area contributed by atoms with Crippen LogP contribution in [0.2, 0.25) is 0 Å². The van der Waals surface area contributed by atoms with Crippen LogP contribution in [0.5, 0.6) is 0 Å². The quantitative estimate of drug-likeness (QED) is 0.724. The molecular weight excluding hydrogens is 198 g/mol. The second-order valence-electron chi connectivity index (χ2n) is 4.47. The smallest absolute Gasteiger partial charge is 0.161 e. The zero-order valence-electron chi connectivity index (χ0n) is 10.1. The first kappa shape index (κ1) is 11.2. The summed E-state index contributed by atoms with van der Waals surface area (Å²) in [5.74, 6) is 0.164. The lowest BCUT2D eigenvalue weighted by Gasteiger charge is -2.27. The minimum Gasteiger partial charge on any atom is -0.368 e. The van der Waals surface area contributed by atoms with Gasteiger partial charge in [0.05, 0.1) is 0 Å². The molecule has 1 unspecified atom stereocenters. The minimum atomic E-state index is 0.164. The molecule has 0 aliphatic carbocycles. The molecule has 0 N–H and O–H groups in total. The van der Waals surface area contributed by atoms with Gasteiger partial charge in [-0.25, -0.2) is 0 Å². The van der Waals surface area contributed by atoms with Crippen LogP contribution in [-0.2, 0) is 0 Å². The van der Waals surface area contributed by atoms with Gasteiger partial charge in [-0.1, -0.05) is 19.1 Å². The van der Waals surface area contributed by atoms with E-state index in [4.69, 9.17) is 0 Å². The van der Waals surface area contributed by atoms with Crippen LogP contribution in [0.1, 0.15) is 43.5 Å². The minimum absolute atomic E-state index is 0.164. The summed E-state index contributed by atoms with van der Waals surface area (Å²) in [6.07, 6.45) is 3.65. The predicted octanol–water partition coefficient (Wildman–Crippen LogP) is 3.27. The third-order valence-corrected chi connectivity index (χ3v) is 3.44. The Morgan fingerprint density at radius 1 is 1.44 bits per heavy atom. The molecule has 1 atom stereocenters. The normalized spacial score (nSPS) is 20.1. The summed E-state index contributed by atoms with van der Waals surface area (Å²) >= 11 is 0. The molecule has 1 heterocycles. The number of hydrogen-bond acceptors (Lipinski definition) is 2. The molecule has 0 saturated carbocycles. The summed E-state index contributed by atoms with van der Waals surface area (Å²) < 4.78 is 0. The van der Waals surface area contributed by atoms with Gasteiger partial charge in [-0.2, -0.15) is 0 Å². The van der Waals surface area contributed by atoms with E-state index >= 15 is 0 Å². The second kappa shape index (κ2) is 4.69. The van der Waals surface area contributed by atoms with Crippen LogP contribution in [0.4, 0.5) is 5.69 Å². The molecule has 2 heteroatoms. The number of Topliss-reactive ketones (excluding diaryl/α,β-unsaturated/α-hetero) is 1. The Kier molecular flexibility index (Phi) is 3.28. The molecule has 2 rings (SSSR count). The Hall–Kier alpha value is -1.31. The Morgan fingerprint density at radius 2 is 2.19 bits per heavy atom. The van der Waals surface area contributed by atoms with Gasteiger partial charge in [0.25, 0.3) is 0 Å². The SMILES string of the molecule is CCC1CCCN1c1ccccc1C(C)=O. The highest BCUT2D eigenvalue weighted by atomic mass is 16.1. The van der Waals surface area contributed by atoms with Gasteiger partial charge in [0.2, 0.25) is 0 Å². The number of nitrogens with zero attached hydrogens (tertiary/aromatic N) is 1. The third kappa shape index (κ3) is 1.97. The third-order valence-electron chi connectivity index (χ3n) is 3.44. The molecule has 0 amide bonds. The number of ketones is 1. The van der Waals surface area contributed by atoms with E-state index in [0.29, 0.717) is 6.04 Å². The summed E-state index contributed by atoms with van der Waals surface area (Å²) in [5.41, 5.74) is 1.99. The highest BCUT2D eigenvalue weighted by molar-refractivity contribution is 5.99. The van der Waals surface area contributed by atoms with Crippen LogP contribution in [0, 0.1) is 0 Å². The number of rotatable bonds is 3. The van der Waals surface area contributed by atoms with Crippen LogP contribution in [-0.4, -0.2) is 18.4 Å². The van der Waals surface area contributed by atoms with Gasteiger partial charge in [-0.05, 0) is 38.3 Å². The number of para-hydroxylation sites is 1. The van der Waals surface area contributed by atoms with Gasteiger partial charge in [0.15, 0.2) is 5.78 Å². The number of hydrogen-bond donors (Lipinski definition) is 0. The van der Waals surface area contributed by atoms with Gasteiger partial charge in [-0.15, -0.1) is 0 Å². The monoisotopic (exact) mass is 217 g/mol. The summed E-state index contributed by atoms with van der Waals surface area (Å²) in [6.45, 7) is 4.96. The van der Waals surface area contributed by atoms with Gasteiger partial charge in [0.1, 0.15) is 0 Å². The maximum absolute atomic E-state index is 11.6. The van der Waals surface area contributed by atoms with Gasteiger partial charge in [0, 0.05) is 23.8 Å². The van der Waals surface area contributed by atoms with E-state index in [0.717, 1.165) is 24.2 Å². The molecular formula is C14H19NO. The molecule has 0 spiro atoms. The van der Waals surface area contributed by atoms with Crippen molar-refractivity contribution in [1.82, 2.24) is 0 Å². The highest BCUT2D eigenvalue weighted by Gasteiger charge is 2.25. The van der Waals surface area contributed by atoms with Crippen molar-refractivity contribution >= 4 is 11.5 Å². The van der Waals surface area contributed by atoms with E-state index < -0.39 is 0 Å². The number of benzene rings is 1. The van der Waals surface area contributed by atoms with E-state index in [-0.39, 0.29) is 5.78 Å². The topological polar surface area (TPSA) is 20.3 Å². The summed E-state index contributed by atoms with van der Waals surface area (Å²) in [7, 11) is 0. The average Bonchev–Trinajstić information content (AvgIpc) is 2.76. The van der Waals surface area contributed by atoms with Crippen LogP contribution in [0.3, 0.4) is 0 Å². The first-order valence-corrected chi connectivity index (χ1v) is 6.10. The average molecular weight is 217 g/mol. The molecule has 86 valence electrons. The van der Waals surface area contributed by atoms with E-state index in [2.05, 4.69) is 17.9 Å². The van der Waals surface area contributed by atoms with Crippen LogP contribution in [0.25, 0.3) is 0 Å². The van der Waals surface area contributed by atoms with E-state index in [1.807, 2.05) is 18.2 Å². The van der Waals surface area contributed by atoms with E-state index in [1.54, 1.807) is 6.92 Å².